The van der Waals surface area contributed by atoms with Crippen molar-refractivity contribution in [3.05, 3.63) is 63.6 Å². The Balaban J connectivity index is 2.33. The topological polar surface area (TPSA) is 62.1 Å². The van der Waals surface area contributed by atoms with E-state index in [9.17, 15) is 10.1 Å². The Bertz CT molecular complexity index is 790. The van der Waals surface area contributed by atoms with Crippen molar-refractivity contribution in [1.82, 2.24) is 0 Å². The molecule has 1 N–H and O–H groups in total. The number of carbonyl (C=O) groups excluding carboxylic acids is 1. The minimum absolute atomic E-state index is 0.0921. The molecular formula is C17H12Cl2N2O2. The zero-order chi connectivity index (χ0) is 16.8. The summed E-state index contributed by atoms with van der Waals surface area (Å²) in [6, 6.07) is 13.8. The third-order valence-corrected chi connectivity index (χ3v) is 3.64. The van der Waals surface area contributed by atoms with E-state index in [1.54, 1.807) is 42.5 Å². The second-order valence-electron chi connectivity index (χ2n) is 4.46. The fourth-order valence-corrected chi connectivity index (χ4v) is 2.38. The number of hydrogen-bond donors (Lipinski definition) is 1. The van der Waals surface area contributed by atoms with Gasteiger partial charge in [-0.05, 0) is 24.3 Å². The first kappa shape index (κ1) is 16.9. The minimum atomic E-state index is -0.603. The third-order valence-electron chi connectivity index (χ3n) is 3.01. The summed E-state index contributed by atoms with van der Waals surface area (Å²) in [6.07, 6.45) is 1.44. The lowest BCUT2D eigenvalue weighted by Crippen LogP contribution is -2.14. The van der Waals surface area contributed by atoms with Crippen molar-refractivity contribution in [2.24, 2.45) is 0 Å². The Morgan fingerprint density at radius 2 is 1.83 bits per heavy atom. The smallest absolute Gasteiger partial charge is 0.266 e. The summed E-state index contributed by atoms with van der Waals surface area (Å²) >= 11 is 12.0. The van der Waals surface area contributed by atoms with Crippen LogP contribution in [0.3, 0.4) is 0 Å². The number of nitrogens with zero attached hydrogens (tertiary/aromatic N) is 1. The Morgan fingerprint density at radius 1 is 1.17 bits per heavy atom. The lowest BCUT2D eigenvalue weighted by molar-refractivity contribution is -0.112. The molecule has 1 amide bonds. The standard InChI is InChI=1S/C17H12Cl2N2O2/c1-23-15-8-3-2-5-11(15)9-12(10-20)17(22)21-16-13(18)6-4-7-14(16)19/h2-9H,1H3,(H,21,22). The molecule has 0 aromatic heterocycles. The van der Waals surface area contributed by atoms with Crippen LogP contribution >= 0.6 is 23.2 Å². The largest absolute Gasteiger partial charge is 0.496 e. The summed E-state index contributed by atoms with van der Waals surface area (Å²) in [7, 11) is 1.52. The molecule has 0 aliphatic rings. The van der Waals surface area contributed by atoms with Gasteiger partial charge < -0.3 is 10.1 Å². The van der Waals surface area contributed by atoms with E-state index in [2.05, 4.69) is 5.32 Å². The summed E-state index contributed by atoms with van der Waals surface area (Å²) in [4.78, 5) is 12.3. The van der Waals surface area contributed by atoms with E-state index in [4.69, 9.17) is 27.9 Å². The molecule has 0 aliphatic heterocycles. The molecule has 0 unspecified atom stereocenters. The number of carbonyl (C=O) groups is 1. The monoisotopic (exact) mass is 346 g/mol. The van der Waals surface area contributed by atoms with E-state index in [0.717, 1.165) is 0 Å². The number of amides is 1. The molecule has 2 aromatic rings. The molecule has 0 heterocycles. The van der Waals surface area contributed by atoms with Gasteiger partial charge in [-0.15, -0.1) is 0 Å². The molecule has 0 atom stereocenters. The maximum Gasteiger partial charge on any atom is 0.266 e. The van der Waals surface area contributed by atoms with Crippen molar-refractivity contribution < 1.29 is 9.53 Å². The van der Waals surface area contributed by atoms with Crippen molar-refractivity contribution in [3.63, 3.8) is 0 Å². The Morgan fingerprint density at radius 3 is 2.43 bits per heavy atom. The fraction of sp³-hybridized carbons (Fsp3) is 0.0588. The molecule has 2 aromatic carbocycles. The van der Waals surface area contributed by atoms with Crippen LogP contribution in [0, 0.1) is 11.3 Å². The highest BCUT2D eigenvalue weighted by Gasteiger charge is 2.14. The number of hydrogen-bond acceptors (Lipinski definition) is 3. The van der Waals surface area contributed by atoms with Crippen molar-refractivity contribution in [1.29, 1.82) is 5.26 Å². The highest BCUT2D eigenvalue weighted by molar-refractivity contribution is 6.40. The average Bonchev–Trinajstić information content (AvgIpc) is 2.56. The van der Waals surface area contributed by atoms with Crippen LogP contribution < -0.4 is 10.1 Å². The first-order chi connectivity index (χ1) is 11.1. The molecule has 2 rings (SSSR count). The quantitative estimate of drug-likeness (QED) is 0.652. The van der Waals surface area contributed by atoms with Crippen LogP contribution in [-0.2, 0) is 4.79 Å². The van der Waals surface area contributed by atoms with E-state index in [1.807, 2.05) is 6.07 Å². The van der Waals surface area contributed by atoms with Crippen LogP contribution in [0.2, 0.25) is 10.0 Å². The Kier molecular flexibility index (Phi) is 5.64. The number of para-hydroxylation sites is 2. The molecule has 0 fully saturated rings. The molecule has 0 aliphatic carbocycles. The van der Waals surface area contributed by atoms with Crippen LogP contribution in [0.1, 0.15) is 5.56 Å². The Labute approximate surface area is 143 Å². The van der Waals surface area contributed by atoms with E-state index >= 15 is 0 Å². The number of rotatable bonds is 4. The van der Waals surface area contributed by atoms with Gasteiger partial charge in [0.2, 0.25) is 0 Å². The number of nitriles is 1. The van der Waals surface area contributed by atoms with Gasteiger partial charge in [-0.25, -0.2) is 0 Å². The fourth-order valence-electron chi connectivity index (χ4n) is 1.89. The first-order valence-electron chi connectivity index (χ1n) is 6.57. The van der Waals surface area contributed by atoms with E-state index < -0.39 is 5.91 Å². The number of nitrogens with one attached hydrogen (secondary N) is 1. The zero-order valence-corrected chi connectivity index (χ0v) is 13.7. The van der Waals surface area contributed by atoms with Gasteiger partial charge in [0.1, 0.15) is 17.4 Å². The van der Waals surface area contributed by atoms with Gasteiger partial charge in [0.15, 0.2) is 0 Å². The Hall–Kier alpha value is -2.48. The maximum absolute atomic E-state index is 12.3. The van der Waals surface area contributed by atoms with E-state index in [0.29, 0.717) is 21.4 Å². The normalized spacial score (nSPS) is 10.8. The predicted octanol–water partition coefficient (Wildman–Crippen LogP) is 4.55. The van der Waals surface area contributed by atoms with Gasteiger partial charge >= 0.3 is 0 Å². The maximum atomic E-state index is 12.3. The van der Waals surface area contributed by atoms with Crippen molar-refractivity contribution >= 4 is 40.9 Å². The van der Waals surface area contributed by atoms with Gasteiger partial charge in [-0.1, -0.05) is 47.5 Å². The van der Waals surface area contributed by atoms with Crippen LogP contribution in [0.5, 0.6) is 5.75 Å². The number of benzene rings is 2. The second-order valence-corrected chi connectivity index (χ2v) is 5.28. The van der Waals surface area contributed by atoms with Crippen LogP contribution in [-0.4, -0.2) is 13.0 Å². The molecule has 0 saturated heterocycles. The zero-order valence-electron chi connectivity index (χ0n) is 12.1. The second kappa shape index (κ2) is 7.68. The number of anilines is 1. The molecule has 23 heavy (non-hydrogen) atoms. The summed E-state index contributed by atoms with van der Waals surface area (Å²) in [5.74, 6) is -0.0442. The van der Waals surface area contributed by atoms with Gasteiger partial charge in [-0.2, -0.15) is 5.26 Å². The van der Waals surface area contributed by atoms with Crippen LogP contribution in [0.25, 0.3) is 6.08 Å². The summed E-state index contributed by atoms with van der Waals surface area (Å²) in [6.45, 7) is 0. The molecule has 4 nitrogen and oxygen atoms in total. The van der Waals surface area contributed by atoms with Crippen molar-refractivity contribution in [2.45, 2.75) is 0 Å². The third kappa shape index (κ3) is 4.04. The van der Waals surface area contributed by atoms with Crippen LogP contribution in [0.15, 0.2) is 48.0 Å². The number of halogens is 2. The lowest BCUT2D eigenvalue weighted by Gasteiger charge is -2.09. The lowest BCUT2D eigenvalue weighted by atomic mass is 10.1. The number of methoxy groups -OCH3 is 1. The highest BCUT2D eigenvalue weighted by atomic mass is 35.5. The number of ether oxygens (including phenoxy) is 1. The van der Waals surface area contributed by atoms with Crippen LogP contribution in [0.4, 0.5) is 5.69 Å². The predicted molar refractivity (Wildman–Crippen MR) is 91.7 cm³/mol. The van der Waals surface area contributed by atoms with E-state index in [-0.39, 0.29) is 11.3 Å². The molecular weight excluding hydrogens is 335 g/mol. The van der Waals surface area contributed by atoms with Crippen molar-refractivity contribution in [3.8, 4) is 11.8 Å². The molecule has 0 radical (unpaired) electrons. The molecule has 0 spiro atoms. The molecule has 0 saturated carbocycles. The average molecular weight is 347 g/mol. The summed E-state index contributed by atoms with van der Waals surface area (Å²) in [5, 5.41) is 12.4. The summed E-state index contributed by atoms with van der Waals surface area (Å²) in [5.41, 5.74) is 0.791. The molecule has 6 heteroatoms. The first-order valence-corrected chi connectivity index (χ1v) is 7.32. The van der Waals surface area contributed by atoms with Gasteiger partial charge in [0.05, 0.1) is 22.8 Å². The molecule has 116 valence electrons. The SMILES string of the molecule is COc1ccccc1C=C(C#N)C(=O)Nc1c(Cl)cccc1Cl. The van der Waals surface area contributed by atoms with Crippen molar-refractivity contribution in [2.75, 3.05) is 12.4 Å². The van der Waals surface area contributed by atoms with Gasteiger partial charge in [0, 0.05) is 5.56 Å². The molecule has 0 bridgehead atoms. The van der Waals surface area contributed by atoms with E-state index in [1.165, 1.54) is 13.2 Å². The highest BCUT2D eigenvalue weighted by Crippen LogP contribution is 2.30. The van der Waals surface area contributed by atoms with Gasteiger partial charge in [0.25, 0.3) is 5.91 Å². The summed E-state index contributed by atoms with van der Waals surface area (Å²) < 4.78 is 5.20. The van der Waals surface area contributed by atoms with Gasteiger partial charge in [-0.3, -0.25) is 4.79 Å². The minimum Gasteiger partial charge on any atom is -0.496 e.